The highest BCUT2D eigenvalue weighted by molar-refractivity contribution is 7.16. The van der Waals surface area contributed by atoms with Gasteiger partial charge in [0.25, 0.3) is 0 Å². The summed E-state index contributed by atoms with van der Waals surface area (Å²) in [4.78, 5) is 4.00. The van der Waals surface area contributed by atoms with Crippen LogP contribution in [0.2, 0.25) is 4.34 Å². The van der Waals surface area contributed by atoms with Crippen LogP contribution in [-0.4, -0.2) is 37.6 Å². The summed E-state index contributed by atoms with van der Waals surface area (Å²) in [5.41, 5.74) is 0. The maximum atomic E-state index is 5.96. The topological polar surface area (TPSA) is 15.3 Å². The van der Waals surface area contributed by atoms with E-state index in [1.165, 1.54) is 37.5 Å². The number of thiophene rings is 1. The second-order valence-corrected chi connectivity index (χ2v) is 6.72. The molecule has 1 aromatic heterocycles. The van der Waals surface area contributed by atoms with Gasteiger partial charge in [-0.1, -0.05) is 18.5 Å². The Morgan fingerprint density at radius 1 is 1.41 bits per heavy atom. The van der Waals surface area contributed by atoms with Crippen LogP contribution in [0.4, 0.5) is 0 Å². The Morgan fingerprint density at radius 3 is 3.06 bits per heavy atom. The number of hydrogen-bond donors (Lipinski definition) is 1. The molecule has 1 aliphatic heterocycles. The average Bonchev–Trinajstić information content (AvgIpc) is 2.53. The number of nitrogens with zero attached hydrogens (tertiary/aromatic N) is 1. The monoisotopic (exact) mass is 272 g/mol. The fourth-order valence-corrected chi connectivity index (χ4v) is 3.65. The molecule has 96 valence electrons. The Kier molecular flexibility index (Phi) is 5.29. The molecule has 0 saturated carbocycles. The number of halogens is 1. The first-order valence-electron chi connectivity index (χ1n) is 6.41. The van der Waals surface area contributed by atoms with Gasteiger partial charge in [0.15, 0.2) is 0 Å². The van der Waals surface area contributed by atoms with Gasteiger partial charge in [-0.15, -0.1) is 11.3 Å². The lowest BCUT2D eigenvalue weighted by Crippen LogP contribution is -2.32. The second kappa shape index (κ2) is 6.74. The van der Waals surface area contributed by atoms with Crippen molar-refractivity contribution in [1.29, 1.82) is 0 Å². The van der Waals surface area contributed by atoms with E-state index < -0.39 is 0 Å². The summed E-state index contributed by atoms with van der Waals surface area (Å²) in [5.74, 6) is 0.711. The molecule has 0 radical (unpaired) electrons. The lowest BCUT2D eigenvalue weighted by atomic mass is 10.1. The molecule has 1 aliphatic rings. The maximum absolute atomic E-state index is 5.96. The fourth-order valence-electron chi connectivity index (χ4n) is 2.39. The lowest BCUT2D eigenvalue weighted by Gasteiger charge is -2.23. The molecular formula is C13H21ClN2S. The molecule has 1 atom stereocenters. The molecule has 0 bridgehead atoms. The molecule has 4 heteroatoms. The molecule has 2 nitrogen and oxygen atoms in total. The first-order valence-corrected chi connectivity index (χ1v) is 7.61. The van der Waals surface area contributed by atoms with E-state index in [2.05, 4.69) is 23.2 Å². The van der Waals surface area contributed by atoms with Gasteiger partial charge in [-0.3, -0.25) is 0 Å². The predicted molar refractivity (Wildman–Crippen MR) is 76.1 cm³/mol. The van der Waals surface area contributed by atoms with Gasteiger partial charge in [0.2, 0.25) is 0 Å². The van der Waals surface area contributed by atoms with Crippen LogP contribution in [0.1, 0.15) is 18.2 Å². The Labute approximate surface area is 113 Å². The minimum atomic E-state index is 0.711. The summed E-state index contributed by atoms with van der Waals surface area (Å²) in [7, 11) is 0. The third-order valence-corrected chi connectivity index (χ3v) is 4.43. The van der Waals surface area contributed by atoms with Crippen LogP contribution in [0.25, 0.3) is 0 Å². The van der Waals surface area contributed by atoms with Gasteiger partial charge in [-0.2, -0.15) is 0 Å². The van der Waals surface area contributed by atoms with Crippen molar-refractivity contribution in [1.82, 2.24) is 10.2 Å². The summed E-state index contributed by atoms with van der Waals surface area (Å²) in [5, 5.41) is 3.45. The lowest BCUT2D eigenvalue weighted by molar-refractivity contribution is 0.252. The molecule has 1 aromatic rings. The largest absolute Gasteiger partial charge is 0.315 e. The third-order valence-electron chi connectivity index (χ3n) is 3.18. The molecule has 2 rings (SSSR count). The van der Waals surface area contributed by atoms with E-state index in [-0.39, 0.29) is 0 Å². The molecule has 1 fully saturated rings. The summed E-state index contributed by atoms with van der Waals surface area (Å²) in [6.45, 7) is 8.28. The molecule has 17 heavy (non-hydrogen) atoms. The zero-order valence-electron chi connectivity index (χ0n) is 10.4. The van der Waals surface area contributed by atoms with Crippen LogP contribution in [0.15, 0.2) is 12.1 Å². The van der Waals surface area contributed by atoms with Crippen molar-refractivity contribution < 1.29 is 0 Å². The Morgan fingerprint density at radius 2 is 2.29 bits per heavy atom. The molecule has 1 saturated heterocycles. The van der Waals surface area contributed by atoms with Crippen molar-refractivity contribution in [3.63, 3.8) is 0 Å². The SMILES string of the molecule is CC(Cc1ccc(Cl)s1)CN1CCCNCC1. The second-order valence-electron chi connectivity index (χ2n) is 4.92. The zero-order valence-corrected chi connectivity index (χ0v) is 12.0. The van der Waals surface area contributed by atoms with E-state index in [1.807, 2.05) is 6.07 Å². The van der Waals surface area contributed by atoms with Crippen molar-refractivity contribution in [2.45, 2.75) is 19.8 Å². The molecular weight excluding hydrogens is 252 g/mol. The van der Waals surface area contributed by atoms with E-state index in [0.717, 1.165) is 17.3 Å². The van der Waals surface area contributed by atoms with Crippen LogP contribution in [0.3, 0.4) is 0 Å². The Balaban J connectivity index is 1.77. The number of hydrogen-bond acceptors (Lipinski definition) is 3. The summed E-state index contributed by atoms with van der Waals surface area (Å²) in [6.07, 6.45) is 2.43. The highest BCUT2D eigenvalue weighted by atomic mass is 35.5. The van der Waals surface area contributed by atoms with E-state index in [9.17, 15) is 0 Å². The molecule has 2 heterocycles. The van der Waals surface area contributed by atoms with E-state index in [0.29, 0.717) is 5.92 Å². The standard InChI is InChI=1S/C13H21ClN2S/c1-11(9-12-3-4-13(14)17-12)10-16-7-2-5-15-6-8-16/h3-4,11,15H,2,5-10H2,1H3. The molecule has 0 spiro atoms. The van der Waals surface area contributed by atoms with Crippen LogP contribution >= 0.6 is 22.9 Å². The van der Waals surface area contributed by atoms with Crippen molar-refractivity contribution in [3.05, 3.63) is 21.3 Å². The van der Waals surface area contributed by atoms with E-state index >= 15 is 0 Å². The predicted octanol–water partition coefficient (Wildman–Crippen LogP) is 2.88. The zero-order chi connectivity index (χ0) is 12.1. The molecule has 0 aliphatic carbocycles. The smallest absolute Gasteiger partial charge is 0.0931 e. The molecule has 0 amide bonds. The minimum absolute atomic E-state index is 0.711. The third kappa shape index (κ3) is 4.59. The minimum Gasteiger partial charge on any atom is -0.315 e. The van der Waals surface area contributed by atoms with Crippen LogP contribution in [-0.2, 0) is 6.42 Å². The summed E-state index contributed by atoms with van der Waals surface area (Å²) in [6, 6.07) is 4.16. The van der Waals surface area contributed by atoms with Gasteiger partial charge in [-0.25, -0.2) is 0 Å². The first-order chi connectivity index (χ1) is 8.24. The Bertz CT molecular complexity index is 332. The van der Waals surface area contributed by atoms with Crippen molar-refractivity contribution in [2.24, 2.45) is 5.92 Å². The number of rotatable bonds is 4. The fraction of sp³-hybridized carbons (Fsp3) is 0.692. The number of nitrogens with one attached hydrogen (secondary N) is 1. The average molecular weight is 273 g/mol. The normalized spacial score (nSPS) is 20.1. The quantitative estimate of drug-likeness (QED) is 0.907. The van der Waals surface area contributed by atoms with Gasteiger partial charge in [-0.05, 0) is 44.0 Å². The van der Waals surface area contributed by atoms with Gasteiger partial charge in [0, 0.05) is 24.5 Å². The van der Waals surface area contributed by atoms with Crippen LogP contribution in [0.5, 0.6) is 0 Å². The molecule has 1 N–H and O–H groups in total. The summed E-state index contributed by atoms with van der Waals surface area (Å²) < 4.78 is 0.908. The van der Waals surface area contributed by atoms with Gasteiger partial charge in [0.1, 0.15) is 0 Å². The van der Waals surface area contributed by atoms with Gasteiger partial charge in [0.05, 0.1) is 4.34 Å². The maximum Gasteiger partial charge on any atom is 0.0931 e. The van der Waals surface area contributed by atoms with Gasteiger partial charge < -0.3 is 10.2 Å². The summed E-state index contributed by atoms with van der Waals surface area (Å²) >= 11 is 7.67. The van der Waals surface area contributed by atoms with E-state index in [1.54, 1.807) is 11.3 Å². The highest BCUT2D eigenvalue weighted by Crippen LogP contribution is 2.24. The molecule has 0 aromatic carbocycles. The van der Waals surface area contributed by atoms with Crippen molar-refractivity contribution >= 4 is 22.9 Å². The highest BCUT2D eigenvalue weighted by Gasteiger charge is 2.13. The first kappa shape index (κ1) is 13.3. The van der Waals surface area contributed by atoms with Gasteiger partial charge >= 0.3 is 0 Å². The Hall–Kier alpha value is -0.0900. The van der Waals surface area contributed by atoms with Crippen LogP contribution in [0, 0.1) is 5.92 Å². The van der Waals surface area contributed by atoms with Crippen molar-refractivity contribution in [2.75, 3.05) is 32.7 Å². The van der Waals surface area contributed by atoms with Crippen molar-refractivity contribution in [3.8, 4) is 0 Å². The van der Waals surface area contributed by atoms with E-state index in [4.69, 9.17) is 11.6 Å². The van der Waals surface area contributed by atoms with Crippen LogP contribution < -0.4 is 5.32 Å². The molecule has 1 unspecified atom stereocenters.